The summed E-state index contributed by atoms with van der Waals surface area (Å²) in [4.78, 5) is 25.5. The lowest BCUT2D eigenvalue weighted by Crippen LogP contribution is -2.35. The van der Waals surface area contributed by atoms with Crippen LogP contribution in [0.15, 0.2) is 42.5 Å². The second-order valence-electron chi connectivity index (χ2n) is 11.4. The zero-order valence-corrected chi connectivity index (χ0v) is 23.3. The van der Waals surface area contributed by atoms with Gasteiger partial charge in [0.1, 0.15) is 5.75 Å². The fourth-order valence-corrected chi connectivity index (χ4v) is 6.39. The number of aromatic nitrogens is 1. The molecule has 44 heavy (non-hydrogen) atoms. The number of amides is 1. The van der Waals surface area contributed by atoms with Gasteiger partial charge in [0.15, 0.2) is 29.1 Å². The lowest BCUT2D eigenvalue weighted by molar-refractivity contribution is -0.120. The van der Waals surface area contributed by atoms with Gasteiger partial charge in [0, 0.05) is 29.1 Å². The number of anilines is 1. The number of ketones is 1. The number of Topliss-reactive ketones (excluding diaryl/α,β-unsaturated/α-hetero) is 1. The Bertz CT molecular complexity index is 1800. The Morgan fingerprint density at radius 3 is 2.20 bits per heavy atom. The Labute approximate surface area is 248 Å². The highest BCUT2D eigenvalue weighted by Gasteiger charge is 2.37. The van der Waals surface area contributed by atoms with Crippen LogP contribution in [0.5, 0.6) is 5.75 Å². The Kier molecular flexibility index (Phi) is 7.13. The quantitative estimate of drug-likeness (QED) is 0.153. The van der Waals surface area contributed by atoms with E-state index < -0.39 is 40.9 Å². The molecule has 2 fully saturated rings. The number of carbonyl (C=O) groups excluding carboxylic acids is 2. The van der Waals surface area contributed by atoms with Crippen molar-refractivity contribution in [3.8, 4) is 17.0 Å². The van der Waals surface area contributed by atoms with Crippen LogP contribution in [0, 0.1) is 29.1 Å². The van der Waals surface area contributed by atoms with E-state index in [0.717, 1.165) is 25.8 Å². The molecule has 0 aliphatic carbocycles. The molecule has 12 heteroatoms. The fourth-order valence-electron chi connectivity index (χ4n) is 6.39. The molecule has 3 aliphatic rings. The molecule has 0 unspecified atom stereocenters. The highest BCUT2D eigenvalue weighted by Crippen LogP contribution is 2.46. The maximum Gasteiger partial charge on any atom is 0.241 e. The number of hydrogen-bond donors (Lipinski definition) is 3. The topological polar surface area (TPSA) is 84.4 Å². The first-order valence-corrected chi connectivity index (χ1v) is 14.5. The Hall–Kier alpha value is -4.29. The van der Waals surface area contributed by atoms with Crippen LogP contribution in [0.1, 0.15) is 43.0 Å². The van der Waals surface area contributed by atoms with E-state index in [0.29, 0.717) is 46.4 Å². The van der Waals surface area contributed by atoms with Gasteiger partial charge < -0.3 is 25.3 Å². The number of hydrogen-bond acceptors (Lipinski definition) is 5. The van der Waals surface area contributed by atoms with Crippen molar-refractivity contribution >= 4 is 28.3 Å². The van der Waals surface area contributed by atoms with Gasteiger partial charge in [0.2, 0.25) is 18.0 Å². The Morgan fingerprint density at radius 1 is 0.841 bits per heavy atom. The molecule has 3 aliphatic heterocycles. The van der Waals surface area contributed by atoms with Gasteiger partial charge in [-0.15, -0.1) is 0 Å². The van der Waals surface area contributed by atoms with Crippen molar-refractivity contribution in [2.24, 2.45) is 0 Å². The molecule has 7 nitrogen and oxygen atoms in total. The van der Waals surface area contributed by atoms with Crippen molar-refractivity contribution < 1.29 is 36.3 Å². The smallest absolute Gasteiger partial charge is 0.241 e. The standard InChI is InChI=1S/C32H27F5N4O3/c33-26-25(27(34)29(36)30(37)28(26)35)32-41-21-8-5-15(12-23(42)19-3-1-9-38-19)11-16(21)13-22(41)18-7-6-17(14-24(18)44-32)40-31(43)20-4-2-10-39-20/h5-8,11,13-14,19-20,32,38-39H,1-4,9-10,12H2,(H,40,43)/t19-,20-,32-/m0/s1. The first kappa shape index (κ1) is 28.5. The number of fused-ring (bicyclic) bond motifs is 5. The minimum Gasteiger partial charge on any atom is -0.465 e. The van der Waals surface area contributed by atoms with Gasteiger partial charge in [-0.3, -0.25) is 9.59 Å². The molecule has 3 N–H and O–H groups in total. The zero-order chi connectivity index (χ0) is 30.7. The largest absolute Gasteiger partial charge is 0.465 e. The van der Waals surface area contributed by atoms with E-state index in [1.807, 2.05) is 0 Å². The average molecular weight is 611 g/mol. The van der Waals surface area contributed by atoms with E-state index in [1.165, 1.54) is 10.6 Å². The molecule has 1 amide bonds. The van der Waals surface area contributed by atoms with E-state index in [9.17, 15) is 22.8 Å². The first-order valence-electron chi connectivity index (χ1n) is 14.5. The maximum atomic E-state index is 15.2. The predicted octanol–water partition coefficient (Wildman–Crippen LogP) is 5.50. The van der Waals surface area contributed by atoms with Gasteiger partial charge >= 0.3 is 0 Å². The average Bonchev–Trinajstić information content (AvgIpc) is 3.80. The maximum absolute atomic E-state index is 15.2. The summed E-state index contributed by atoms with van der Waals surface area (Å²) in [5.74, 6) is -10.6. The molecular weight excluding hydrogens is 583 g/mol. The van der Waals surface area contributed by atoms with Crippen LogP contribution in [0.4, 0.5) is 27.6 Å². The van der Waals surface area contributed by atoms with Gasteiger partial charge in [-0.25, -0.2) is 22.0 Å². The molecule has 0 radical (unpaired) electrons. The summed E-state index contributed by atoms with van der Waals surface area (Å²) in [6.07, 6.45) is 1.59. The number of halogens is 5. The van der Waals surface area contributed by atoms with Gasteiger partial charge in [-0.05, 0) is 74.7 Å². The summed E-state index contributed by atoms with van der Waals surface area (Å²) in [5.41, 5.74) is 1.18. The van der Waals surface area contributed by atoms with Crippen LogP contribution in [0.3, 0.4) is 0 Å². The van der Waals surface area contributed by atoms with E-state index >= 15 is 8.78 Å². The van der Waals surface area contributed by atoms with Crippen molar-refractivity contribution in [2.75, 3.05) is 18.4 Å². The number of carbonyl (C=O) groups is 2. The van der Waals surface area contributed by atoms with Gasteiger partial charge in [-0.2, -0.15) is 0 Å². The normalized spacial score (nSPS) is 20.8. The van der Waals surface area contributed by atoms with Gasteiger partial charge in [0.25, 0.3) is 0 Å². The molecule has 4 heterocycles. The fraction of sp³-hybridized carbons (Fsp3) is 0.312. The van der Waals surface area contributed by atoms with Crippen LogP contribution < -0.4 is 20.7 Å². The predicted molar refractivity (Wildman–Crippen MR) is 152 cm³/mol. The molecule has 2 saturated heterocycles. The third kappa shape index (κ3) is 4.72. The molecule has 1 aromatic heterocycles. The van der Waals surface area contributed by atoms with Crippen LogP contribution >= 0.6 is 0 Å². The first-order chi connectivity index (χ1) is 21.2. The summed E-state index contributed by atoms with van der Waals surface area (Å²) < 4.78 is 80.7. The summed E-state index contributed by atoms with van der Waals surface area (Å²) in [7, 11) is 0. The molecule has 3 atom stereocenters. The van der Waals surface area contributed by atoms with Crippen molar-refractivity contribution in [2.45, 2.75) is 50.4 Å². The SMILES string of the molecule is O=C(Cc1ccc2c(c1)cc1n2[C@H](c2c(F)c(F)c(F)c(F)c2F)Oc2cc(NC(=O)[C@@H]3CCCN3)ccc2-1)[C@@H]1CCCN1. The lowest BCUT2D eigenvalue weighted by Gasteiger charge is -2.31. The van der Waals surface area contributed by atoms with E-state index in [4.69, 9.17) is 4.74 Å². The van der Waals surface area contributed by atoms with Crippen LogP contribution in [-0.2, 0) is 16.0 Å². The molecule has 0 spiro atoms. The molecular formula is C32H27F5N4O3. The van der Waals surface area contributed by atoms with E-state index in [-0.39, 0.29) is 35.9 Å². The third-order valence-electron chi connectivity index (χ3n) is 8.60. The molecule has 0 bridgehead atoms. The highest BCUT2D eigenvalue weighted by atomic mass is 19.2. The molecule has 228 valence electrons. The zero-order valence-electron chi connectivity index (χ0n) is 23.3. The highest BCUT2D eigenvalue weighted by molar-refractivity contribution is 5.96. The monoisotopic (exact) mass is 610 g/mol. The van der Waals surface area contributed by atoms with Gasteiger partial charge in [0.05, 0.1) is 28.9 Å². The molecule has 7 rings (SSSR count). The Morgan fingerprint density at radius 2 is 1.52 bits per heavy atom. The lowest BCUT2D eigenvalue weighted by atomic mass is 10.0. The summed E-state index contributed by atoms with van der Waals surface area (Å²) in [6.45, 7) is 1.50. The number of rotatable bonds is 6. The number of ether oxygens (including phenoxy) is 1. The van der Waals surface area contributed by atoms with Crippen molar-refractivity contribution in [3.05, 3.63) is 82.7 Å². The molecule has 3 aromatic carbocycles. The minimum atomic E-state index is -2.27. The van der Waals surface area contributed by atoms with Crippen LogP contribution in [0.2, 0.25) is 0 Å². The second-order valence-corrected chi connectivity index (χ2v) is 11.4. The number of nitrogens with one attached hydrogen (secondary N) is 3. The number of benzene rings is 3. The molecule has 4 aromatic rings. The third-order valence-corrected chi connectivity index (χ3v) is 8.60. The summed E-state index contributed by atoms with van der Waals surface area (Å²) in [6, 6.07) is 11.0. The number of nitrogens with zero attached hydrogens (tertiary/aromatic N) is 1. The Balaban J connectivity index is 1.34. The van der Waals surface area contributed by atoms with E-state index in [2.05, 4.69) is 16.0 Å². The van der Waals surface area contributed by atoms with Crippen molar-refractivity contribution in [1.82, 2.24) is 15.2 Å². The van der Waals surface area contributed by atoms with Crippen molar-refractivity contribution in [1.29, 1.82) is 0 Å². The minimum absolute atomic E-state index is 0.0427. The van der Waals surface area contributed by atoms with Crippen LogP contribution in [-0.4, -0.2) is 41.4 Å². The summed E-state index contributed by atoms with van der Waals surface area (Å²) in [5, 5.41) is 9.66. The summed E-state index contributed by atoms with van der Waals surface area (Å²) >= 11 is 0. The second kappa shape index (κ2) is 11.0. The van der Waals surface area contributed by atoms with E-state index in [1.54, 1.807) is 36.4 Å². The van der Waals surface area contributed by atoms with Crippen LogP contribution in [0.25, 0.3) is 22.2 Å². The molecule has 0 saturated carbocycles. The van der Waals surface area contributed by atoms with Crippen molar-refractivity contribution in [3.63, 3.8) is 0 Å². The van der Waals surface area contributed by atoms with Gasteiger partial charge in [-0.1, -0.05) is 6.07 Å².